The standard InChI is InChI=1S/3C21H26O/c3*1-3-16-4-6-17(7-5-16)18-8-10-19(11-9-18)20-12-14-21(22-2)15-13-20/h3*8-17H,3-7H2,1-2H3. The second-order valence-electron chi connectivity index (χ2n) is 19.4. The second kappa shape index (κ2) is 25.0. The van der Waals surface area contributed by atoms with Crippen LogP contribution in [0.5, 0.6) is 17.2 Å². The van der Waals surface area contributed by atoms with Gasteiger partial charge >= 0.3 is 0 Å². The van der Waals surface area contributed by atoms with Crippen LogP contribution in [0.25, 0.3) is 33.4 Å². The van der Waals surface area contributed by atoms with Gasteiger partial charge in [-0.2, -0.15) is 0 Å². The molecule has 0 N–H and O–H groups in total. The highest BCUT2D eigenvalue weighted by atomic mass is 16.5. The molecule has 0 amide bonds. The molecule has 6 aromatic rings. The van der Waals surface area contributed by atoms with E-state index in [-0.39, 0.29) is 0 Å². The predicted molar refractivity (Wildman–Crippen MR) is 280 cm³/mol. The molecule has 0 aliphatic heterocycles. The van der Waals surface area contributed by atoms with Crippen molar-refractivity contribution in [2.24, 2.45) is 17.8 Å². The summed E-state index contributed by atoms with van der Waals surface area (Å²) in [4.78, 5) is 0. The van der Waals surface area contributed by atoms with Crippen LogP contribution in [-0.2, 0) is 0 Å². The second-order valence-corrected chi connectivity index (χ2v) is 19.4. The van der Waals surface area contributed by atoms with Crippen LogP contribution in [0.1, 0.15) is 152 Å². The highest BCUT2D eigenvalue weighted by molar-refractivity contribution is 5.66. The Balaban J connectivity index is 0.000000147. The van der Waals surface area contributed by atoms with E-state index in [1.54, 1.807) is 21.3 Å². The van der Waals surface area contributed by atoms with Gasteiger partial charge in [0.15, 0.2) is 0 Å². The first-order valence-electron chi connectivity index (χ1n) is 25.6. The van der Waals surface area contributed by atoms with E-state index in [0.717, 1.165) is 52.8 Å². The normalized spacial score (nSPS) is 21.5. The van der Waals surface area contributed by atoms with Crippen LogP contribution in [0.4, 0.5) is 0 Å². The molecule has 6 aromatic carbocycles. The molecule has 0 radical (unpaired) electrons. The monoisotopic (exact) mass is 883 g/mol. The van der Waals surface area contributed by atoms with Gasteiger partial charge in [-0.1, -0.05) is 149 Å². The van der Waals surface area contributed by atoms with Gasteiger partial charge in [0, 0.05) is 0 Å². The molecule has 0 unspecified atom stereocenters. The van der Waals surface area contributed by atoms with Crippen molar-refractivity contribution in [3.63, 3.8) is 0 Å². The van der Waals surface area contributed by atoms with Gasteiger partial charge in [-0.15, -0.1) is 0 Å². The molecule has 0 bridgehead atoms. The fourth-order valence-corrected chi connectivity index (χ4v) is 10.9. The minimum absolute atomic E-state index is 0.771. The lowest BCUT2D eigenvalue weighted by Gasteiger charge is -2.28. The van der Waals surface area contributed by atoms with Gasteiger partial charge in [0.25, 0.3) is 0 Å². The summed E-state index contributed by atoms with van der Waals surface area (Å²) in [6.45, 7) is 6.98. The van der Waals surface area contributed by atoms with E-state index in [2.05, 4.69) is 130 Å². The minimum atomic E-state index is 0.771. The summed E-state index contributed by atoms with van der Waals surface area (Å²) in [5.74, 6) is 7.95. The summed E-state index contributed by atoms with van der Waals surface area (Å²) in [6.07, 6.45) is 20.6. The van der Waals surface area contributed by atoms with Crippen LogP contribution < -0.4 is 14.2 Å². The number of hydrogen-bond acceptors (Lipinski definition) is 3. The first kappa shape index (κ1) is 48.6. The Morgan fingerprint density at radius 2 is 0.455 bits per heavy atom. The maximum Gasteiger partial charge on any atom is 0.118 e. The Morgan fingerprint density at radius 1 is 0.273 bits per heavy atom. The maximum absolute atomic E-state index is 5.22. The third-order valence-electron chi connectivity index (χ3n) is 15.7. The van der Waals surface area contributed by atoms with Crippen LogP contribution in [0.3, 0.4) is 0 Å². The molecule has 3 nitrogen and oxygen atoms in total. The van der Waals surface area contributed by atoms with Crippen LogP contribution in [-0.4, -0.2) is 21.3 Å². The maximum atomic E-state index is 5.22. The highest BCUT2D eigenvalue weighted by Crippen LogP contribution is 2.40. The minimum Gasteiger partial charge on any atom is -0.497 e. The fourth-order valence-electron chi connectivity index (χ4n) is 10.9. The van der Waals surface area contributed by atoms with Crippen molar-refractivity contribution < 1.29 is 14.2 Å². The van der Waals surface area contributed by atoms with Gasteiger partial charge in [0.05, 0.1) is 21.3 Å². The Hall–Kier alpha value is -5.28. The Kier molecular flexibility index (Phi) is 18.4. The molecule has 0 saturated heterocycles. The third-order valence-corrected chi connectivity index (χ3v) is 15.7. The molecular formula is C63H78O3. The largest absolute Gasteiger partial charge is 0.497 e. The molecule has 9 rings (SSSR count). The summed E-state index contributed by atoms with van der Waals surface area (Å²) in [7, 11) is 5.12. The average Bonchev–Trinajstić information content (AvgIpc) is 3.41. The van der Waals surface area contributed by atoms with E-state index in [9.17, 15) is 0 Å². The molecule has 0 heterocycles. The lowest BCUT2D eigenvalue weighted by atomic mass is 9.77. The molecule has 3 aliphatic carbocycles. The average molecular weight is 883 g/mol. The Morgan fingerprint density at radius 3 is 0.621 bits per heavy atom. The first-order chi connectivity index (χ1) is 32.4. The summed E-state index contributed by atoms with van der Waals surface area (Å²) < 4.78 is 15.7. The lowest BCUT2D eigenvalue weighted by molar-refractivity contribution is 0.319. The van der Waals surface area contributed by atoms with Crippen molar-refractivity contribution in [3.05, 3.63) is 162 Å². The SMILES string of the molecule is CCC1CCC(c2ccc(-c3ccc(OC)cc3)cc2)CC1.CCC1CCC(c2ccc(-c3ccc(OC)cc3)cc2)CC1.CCC1CCC(c2ccc(-c3ccc(OC)cc3)cc2)CC1. The summed E-state index contributed by atoms with van der Waals surface area (Å²) in [5, 5.41) is 0. The van der Waals surface area contributed by atoms with Crippen molar-refractivity contribution in [3.8, 4) is 50.6 Å². The van der Waals surface area contributed by atoms with Gasteiger partial charge < -0.3 is 14.2 Å². The number of rotatable bonds is 12. The van der Waals surface area contributed by atoms with E-state index < -0.39 is 0 Å². The van der Waals surface area contributed by atoms with Crippen molar-refractivity contribution in [1.82, 2.24) is 0 Å². The molecule has 0 aromatic heterocycles. The van der Waals surface area contributed by atoms with Crippen LogP contribution >= 0.6 is 0 Å². The molecule has 3 aliphatic rings. The molecule has 66 heavy (non-hydrogen) atoms. The van der Waals surface area contributed by atoms with Gasteiger partial charge in [-0.05, 0) is 199 Å². The summed E-state index contributed by atoms with van der Waals surface area (Å²) in [5.41, 5.74) is 12.2. The zero-order chi connectivity index (χ0) is 46.1. The molecule has 3 heteroatoms. The molecule has 3 saturated carbocycles. The number of methoxy groups -OCH3 is 3. The Bertz CT molecular complexity index is 1990. The van der Waals surface area contributed by atoms with Gasteiger partial charge in [-0.25, -0.2) is 0 Å². The topological polar surface area (TPSA) is 27.7 Å². The third kappa shape index (κ3) is 13.4. The quantitative estimate of drug-likeness (QED) is 0.123. The van der Waals surface area contributed by atoms with Gasteiger partial charge in [0.1, 0.15) is 17.2 Å². The molecule has 0 spiro atoms. The van der Waals surface area contributed by atoms with Crippen molar-refractivity contribution in [2.45, 2.75) is 135 Å². The zero-order valence-corrected chi connectivity index (χ0v) is 41.2. The van der Waals surface area contributed by atoms with Crippen LogP contribution in [0.2, 0.25) is 0 Å². The number of ether oxygens (including phenoxy) is 3. The molecular weight excluding hydrogens is 805 g/mol. The lowest BCUT2D eigenvalue weighted by Crippen LogP contribution is -2.12. The molecule has 348 valence electrons. The van der Waals surface area contributed by atoms with E-state index in [0.29, 0.717) is 0 Å². The first-order valence-corrected chi connectivity index (χ1v) is 25.6. The zero-order valence-electron chi connectivity index (χ0n) is 41.2. The van der Waals surface area contributed by atoms with E-state index >= 15 is 0 Å². The van der Waals surface area contributed by atoms with Crippen molar-refractivity contribution in [2.75, 3.05) is 21.3 Å². The summed E-state index contributed by atoms with van der Waals surface area (Å²) >= 11 is 0. The van der Waals surface area contributed by atoms with Crippen LogP contribution in [0.15, 0.2) is 146 Å². The van der Waals surface area contributed by atoms with Crippen molar-refractivity contribution in [1.29, 1.82) is 0 Å². The van der Waals surface area contributed by atoms with Crippen molar-refractivity contribution >= 4 is 0 Å². The fraction of sp³-hybridized carbons (Fsp3) is 0.429. The number of benzene rings is 6. The Labute approximate surface area is 399 Å². The van der Waals surface area contributed by atoms with E-state index in [1.165, 1.54) is 146 Å². The molecule has 0 atom stereocenters. The highest BCUT2D eigenvalue weighted by Gasteiger charge is 2.23. The summed E-state index contributed by atoms with van der Waals surface area (Å²) in [6, 6.07) is 52.5. The van der Waals surface area contributed by atoms with E-state index in [4.69, 9.17) is 14.2 Å². The van der Waals surface area contributed by atoms with Gasteiger partial charge in [-0.3, -0.25) is 0 Å². The smallest absolute Gasteiger partial charge is 0.118 e. The van der Waals surface area contributed by atoms with Crippen LogP contribution in [0, 0.1) is 17.8 Å². The predicted octanol–water partition coefficient (Wildman–Crippen LogP) is 18.1. The van der Waals surface area contributed by atoms with E-state index in [1.807, 2.05) is 36.4 Å². The molecule has 3 fully saturated rings. The van der Waals surface area contributed by atoms with Gasteiger partial charge in [0.2, 0.25) is 0 Å². The number of hydrogen-bond donors (Lipinski definition) is 0.